The van der Waals surface area contributed by atoms with Crippen LogP contribution in [0.4, 0.5) is 0 Å². The maximum absolute atomic E-state index is 11.5. The van der Waals surface area contributed by atoms with Gasteiger partial charge in [-0.2, -0.15) is 5.26 Å². The maximum Gasteiger partial charge on any atom is 0.346 e. The highest BCUT2D eigenvalue weighted by Crippen LogP contribution is 2.41. The van der Waals surface area contributed by atoms with Crippen LogP contribution < -0.4 is 0 Å². The molecule has 0 bridgehead atoms. The fraction of sp³-hybridized carbons (Fsp3) is 0.294. The summed E-state index contributed by atoms with van der Waals surface area (Å²) in [4.78, 5) is 11.7. The SMILES string of the molecule is CSc1sc(C(=O)O)c(-c2ccc(C(C)(C)C)cc2)c1C#N. The number of hydrogen-bond acceptors (Lipinski definition) is 4. The van der Waals surface area contributed by atoms with E-state index in [2.05, 4.69) is 26.8 Å². The highest BCUT2D eigenvalue weighted by Gasteiger charge is 2.24. The summed E-state index contributed by atoms with van der Waals surface area (Å²) in [6.45, 7) is 6.38. The third-order valence-corrected chi connectivity index (χ3v) is 5.70. The van der Waals surface area contributed by atoms with Gasteiger partial charge in [0, 0.05) is 5.56 Å². The van der Waals surface area contributed by atoms with Crippen molar-refractivity contribution in [2.45, 2.75) is 30.4 Å². The second-order valence-electron chi connectivity index (χ2n) is 5.92. The molecule has 0 radical (unpaired) electrons. The third-order valence-electron chi connectivity index (χ3n) is 3.41. The Morgan fingerprint density at radius 2 is 1.86 bits per heavy atom. The second kappa shape index (κ2) is 6.15. The molecule has 0 aliphatic heterocycles. The van der Waals surface area contributed by atoms with Crippen LogP contribution in [0, 0.1) is 11.3 Å². The van der Waals surface area contributed by atoms with E-state index in [1.807, 2.05) is 30.5 Å². The largest absolute Gasteiger partial charge is 0.477 e. The number of hydrogen-bond donors (Lipinski definition) is 1. The highest BCUT2D eigenvalue weighted by atomic mass is 32.2. The van der Waals surface area contributed by atoms with Crippen LogP contribution in [-0.2, 0) is 5.41 Å². The first kappa shape index (κ1) is 16.6. The van der Waals surface area contributed by atoms with Crippen molar-refractivity contribution >= 4 is 29.1 Å². The lowest BCUT2D eigenvalue weighted by Gasteiger charge is -2.19. The zero-order valence-corrected chi connectivity index (χ0v) is 14.6. The molecule has 0 atom stereocenters. The molecule has 3 nitrogen and oxygen atoms in total. The number of carbonyl (C=O) groups is 1. The molecule has 1 heterocycles. The van der Waals surface area contributed by atoms with E-state index in [0.29, 0.717) is 11.1 Å². The minimum Gasteiger partial charge on any atom is -0.477 e. The monoisotopic (exact) mass is 331 g/mol. The quantitative estimate of drug-likeness (QED) is 0.804. The van der Waals surface area contributed by atoms with Gasteiger partial charge in [-0.15, -0.1) is 23.1 Å². The van der Waals surface area contributed by atoms with Gasteiger partial charge in [-0.1, -0.05) is 45.0 Å². The minimum absolute atomic E-state index is 0.0330. The van der Waals surface area contributed by atoms with Crippen LogP contribution in [-0.4, -0.2) is 17.3 Å². The Balaban J connectivity index is 2.64. The Hall–Kier alpha value is -1.77. The van der Waals surface area contributed by atoms with Crippen LogP contribution in [0.1, 0.15) is 41.6 Å². The summed E-state index contributed by atoms with van der Waals surface area (Å²) in [5.41, 5.74) is 2.97. The van der Waals surface area contributed by atoms with Gasteiger partial charge >= 0.3 is 5.97 Å². The molecule has 0 spiro atoms. The summed E-state index contributed by atoms with van der Waals surface area (Å²) in [6, 6.07) is 9.96. The van der Waals surface area contributed by atoms with E-state index in [1.54, 1.807) is 0 Å². The average Bonchev–Trinajstić information content (AvgIpc) is 2.85. The molecule has 5 heteroatoms. The van der Waals surface area contributed by atoms with E-state index in [1.165, 1.54) is 17.3 Å². The fourth-order valence-corrected chi connectivity index (χ4v) is 4.00. The summed E-state index contributed by atoms with van der Waals surface area (Å²) in [5.74, 6) is -0.989. The molecule has 0 fully saturated rings. The van der Waals surface area contributed by atoms with E-state index in [-0.39, 0.29) is 10.3 Å². The fourth-order valence-electron chi connectivity index (χ4n) is 2.22. The summed E-state index contributed by atoms with van der Waals surface area (Å²) < 4.78 is 0.745. The van der Waals surface area contributed by atoms with Gasteiger partial charge in [-0.3, -0.25) is 0 Å². The topological polar surface area (TPSA) is 61.1 Å². The number of nitrogens with zero attached hydrogens (tertiary/aromatic N) is 1. The van der Waals surface area contributed by atoms with Crippen LogP contribution in [0.5, 0.6) is 0 Å². The Morgan fingerprint density at radius 1 is 1.27 bits per heavy atom. The number of thioether (sulfide) groups is 1. The first-order chi connectivity index (χ1) is 10.3. The zero-order chi connectivity index (χ0) is 16.5. The van der Waals surface area contributed by atoms with Crippen LogP contribution in [0.3, 0.4) is 0 Å². The minimum atomic E-state index is -0.989. The van der Waals surface area contributed by atoms with E-state index < -0.39 is 5.97 Å². The lowest BCUT2D eigenvalue weighted by Crippen LogP contribution is -2.10. The van der Waals surface area contributed by atoms with Gasteiger partial charge in [0.2, 0.25) is 0 Å². The van der Waals surface area contributed by atoms with Crippen LogP contribution in [0.2, 0.25) is 0 Å². The van der Waals surface area contributed by atoms with Gasteiger partial charge in [-0.25, -0.2) is 4.79 Å². The standard InChI is InChI=1S/C17H17NO2S2/c1-17(2,3)11-7-5-10(6-8-11)13-12(9-18)16(21-4)22-14(13)15(19)20/h5-8H,1-4H3,(H,19,20). The first-order valence-corrected chi connectivity index (χ1v) is 8.78. The van der Waals surface area contributed by atoms with Gasteiger partial charge in [0.25, 0.3) is 0 Å². The van der Waals surface area contributed by atoms with Crippen molar-refractivity contribution < 1.29 is 9.90 Å². The van der Waals surface area contributed by atoms with Crippen LogP contribution >= 0.6 is 23.1 Å². The van der Waals surface area contributed by atoms with E-state index in [0.717, 1.165) is 21.1 Å². The number of aromatic carboxylic acids is 1. The molecule has 0 saturated carbocycles. The Bertz CT molecular complexity index is 747. The van der Waals surface area contributed by atoms with Gasteiger partial charge in [0.15, 0.2) is 0 Å². The smallest absolute Gasteiger partial charge is 0.346 e. The number of rotatable bonds is 3. The van der Waals surface area contributed by atoms with Crippen molar-refractivity contribution in [2.24, 2.45) is 0 Å². The molecule has 114 valence electrons. The molecule has 0 aliphatic rings. The molecule has 1 aromatic heterocycles. The predicted molar refractivity (Wildman–Crippen MR) is 91.9 cm³/mol. The summed E-state index contributed by atoms with van der Waals surface area (Å²) in [6.07, 6.45) is 1.85. The summed E-state index contributed by atoms with van der Waals surface area (Å²) in [7, 11) is 0. The molecule has 2 rings (SSSR count). The number of carboxylic acid groups (broad SMARTS) is 1. The van der Waals surface area contributed by atoms with Gasteiger partial charge < -0.3 is 5.11 Å². The number of benzene rings is 1. The Kier molecular flexibility index (Phi) is 4.64. The molecule has 22 heavy (non-hydrogen) atoms. The predicted octanol–water partition coefficient (Wildman–Crippen LogP) is 5.00. The molecular weight excluding hydrogens is 314 g/mol. The molecule has 0 unspecified atom stereocenters. The first-order valence-electron chi connectivity index (χ1n) is 6.74. The van der Waals surface area contributed by atoms with E-state index in [9.17, 15) is 15.2 Å². The van der Waals surface area contributed by atoms with Gasteiger partial charge in [0.05, 0.1) is 9.77 Å². The van der Waals surface area contributed by atoms with Crippen molar-refractivity contribution in [1.82, 2.24) is 0 Å². The van der Waals surface area contributed by atoms with Crippen molar-refractivity contribution in [3.63, 3.8) is 0 Å². The van der Waals surface area contributed by atoms with Gasteiger partial charge in [0.1, 0.15) is 10.9 Å². The Morgan fingerprint density at radius 3 is 2.27 bits per heavy atom. The van der Waals surface area contributed by atoms with Crippen molar-refractivity contribution in [1.29, 1.82) is 5.26 Å². The summed E-state index contributed by atoms with van der Waals surface area (Å²) in [5, 5.41) is 18.9. The van der Waals surface area contributed by atoms with E-state index >= 15 is 0 Å². The molecule has 0 aliphatic carbocycles. The van der Waals surface area contributed by atoms with Gasteiger partial charge in [-0.05, 0) is 22.8 Å². The number of thiophene rings is 1. The Labute approximate surface area is 138 Å². The molecule has 0 saturated heterocycles. The lowest BCUT2D eigenvalue weighted by atomic mass is 9.86. The molecule has 1 N–H and O–H groups in total. The normalized spacial score (nSPS) is 11.2. The molecule has 0 amide bonds. The lowest BCUT2D eigenvalue weighted by molar-refractivity contribution is 0.0703. The maximum atomic E-state index is 11.5. The van der Waals surface area contributed by atoms with Crippen LogP contribution in [0.15, 0.2) is 28.5 Å². The summed E-state index contributed by atoms with van der Waals surface area (Å²) >= 11 is 2.57. The average molecular weight is 331 g/mol. The van der Waals surface area contributed by atoms with Crippen molar-refractivity contribution in [3.05, 3.63) is 40.3 Å². The molecule has 2 aromatic rings. The molecular formula is C17H17NO2S2. The second-order valence-corrected chi connectivity index (χ2v) is 8.01. The van der Waals surface area contributed by atoms with Crippen molar-refractivity contribution in [2.75, 3.05) is 6.26 Å². The molecule has 1 aromatic carbocycles. The highest BCUT2D eigenvalue weighted by molar-refractivity contribution is 8.00. The van der Waals surface area contributed by atoms with E-state index in [4.69, 9.17) is 0 Å². The van der Waals surface area contributed by atoms with Crippen molar-refractivity contribution in [3.8, 4) is 17.2 Å². The number of carboxylic acids is 1. The zero-order valence-electron chi connectivity index (χ0n) is 12.9. The third kappa shape index (κ3) is 3.03. The van der Waals surface area contributed by atoms with Crippen LogP contribution in [0.25, 0.3) is 11.1 Å². The number of nitriles is 1.